The number of nitrogens with one attached hydrogen (secondary N) is 1. The number of ether oxygens (including phenoxy) is 3. The fourth-order valence-electron chi connectivity index (χ4n) is 2.41. The van der Waals surface area contributed by atoms with Gasteiger partial charge in [0, 0.05) is 26.8 Å². The van der Waals surface area contributed by atoms with E-state index in [4.69, 9.17) is 14.2 Å². The highest BCUT2D eigenvalue weighted by Crippen LogP contribution is 2.28. The van der Waals surface area contributed by atoms with Gasteiger partial charge < -0.3 is 19.5 Å². The molecule has 1 amide bonds. The summed E-state index contributed by atoms with van der Waals surface area (Å²) in [6.07, 6.45) is 1.91. The normalized spacial score (nSPS) is 11.0. The Morgan fingerprint density at radius 3 is 2.62 bits per heavy atom. The van der Waals surface area contributed by atoms with Gasteiger partial charge in [0.15, 0.2) is 11.5 Å². The third kappa shape index (κ3) is 9.06. The lowest BCUT2D eigenvalue weighted by Crippen LogP contribution is -2.35. The van der Waals surface area contributed by atoms with Crippen LogP contribution in [0.25, 0.3) is 0 Å². The van der Waals surface area contributed by atoms with E-state index in [1.54, 1.807) is 14.2 Å². The fraction of sp³-hybridized carbons (Fsp3) is 0.650. The van der Waals surface area contributed by atoms with Gasteiger partial charge in [0.2, 0.25) is 5.91 Å². The summed E-state index contributed by atoms with van der Waals surface area (Å²) in [5, 5.41) is 2.94. The largest absolute Gasteiger partial charge is 0.493 e. The van der Waals surface area contributed by atoms with Crippen LogP contribution in [0.1, 0.15) is 32.3 Å². The van der Waals surface area contributed by atoms with E-state index in [1.165, 1.54) is 0 Å². The molecule has 0 fully saturated rings. The van der Waals surface area contributed by atoms with Crippen LogP contribution in [-0.2, 0) is 16.1 Å². The molecule has 0 bridgehead atoms. The molecule has 148 valence electrons. The Labute approximate surface area is 157 Å². The predicted molar refractivity (Wildman–Crippen MR) is 104 cm³/mol. The van der Waals surface area contributed by atoms with Crippen LogP contribution in [0.15, 0.2) is 18.2 Å². The van der Waals surface area contributed by atoms with Gasteiger partial charge in [0.1, 0.15) is 0 Å². The third-order valence-electron chi connectivity index (χ3n) is 3.97. The Bertz CT molecular complexity index is 535. The predicted octanol–water partition coefficient (Wildman–Crippen LogP) is 2.70. The van der Waals surface area contributed by atoms with Crippen LogP contribution >= 0.6 is 0 Å². The molecule has 0 saturated heterocycles. The monoisotopic (exact) mass is 366 g/mol. The molecule has 1 rings (SSSR count). The number of likely N-dealkylation sites (N-methyl/N-ethyl adjacent to an activating group) is 1. The molecule has 0 aliphatic carbocycles. The molecule has 1 aromatic rings. The molecule has 1 aromatic carbocycles. The Kier molecular flexibility index (Phi) is 10.7. The van der Waals surface area contributed by atoms with E-state index < -0.39 is 0 Å². The Hall–Kier alpha value is -1.79. The summed E-state index contributed by atoms with van der Waals surface area (Å²) >= 11 is 0. The Morgan fingerprint density at radius 2 is 1.96 bits per heavy atom. The molecular weight excluding hydrogens is 332 g/mol. The number of hydrogen-bond donors (Lipinski definition) is 1. The summed E-state index contributed by atoms with van der Waals surface area (Å²) < 4.78 is 16.2. The van der Waals surface area contributed by atoms with Gasteiger partial charge in [-0.05, 0) is 43.5 Å². The second-order valence-electron chi connectivity index (χ2n) is 6.88. The van der Waals surface area contributed by atoms with Gasteiger partial charge >= 0.3 is 0 Å². The minimum atomic E-state index is 0.00106. The maximum atomic E-state index is 12.0. The summed E-state index contributed by atoms with van der Waals surface area (Å²) in [5.74, 6) is 2.03. The Balaban J connectivity index is 2.45. The summed E-state index contributed by atoms with van der Waals surface area (Å²) in [5.41, 5.74) is 0.980. The molecule has 0 aliphatic heterocycles. The van der Waals surface area contributed by atoms with Gasteiger partial charge in [-0.2, -0.15) is 0 Å². The van der Waals surface area contributed by atoms with Gasteiger partial charge in [-0.1, -0.05) is 19.9 Å². The number of carbonyl (C=O) groups excluding carboxylic acids is 1. The van der Waals surface area contributed by atoms with Crippen LogP contribution in [0.4, 0.5) is 0 Å². The van der Waals surface area contributed by atoms with Crippen LogP contribution in [0.3, 0.4) is 0 Å². The van der Waals surface area contributed by atoms with E-state index in [-0.39, 0.29) is 5.91 Å². The molecule has 0 saturated carbocycles. The molecule has 0 heterocycles. The van der Waals surface area contributed by atoms with E-state index in [2.05, 4.69) is 19.2 Å². The van der Waals surface area contributed by atoms with E-state index in [0.29, 0.717) is 38.0 Å². The highest BCUT2D eigenvalue weighted by atomic mass is 16.5. The minimum Gasteiger partial charge on any atom is -0.493 e. The number of methoxy groups -OCH3 is 2. The van der Waals surface area contributed by atoms with Crippen molar-refractivity contribution < 1.29 is 19.0 Å². The maximum Gasteiger partial charge on any atom is 0.234 e. The van der Waals surface area contributed by atoms with Crippen molar-refractivity contribution in [1.82, 2.24) is 10.2 Å². The van der Waals surface area contributed by atoms with E-state index >= 15 is 0 Å². The van der Waals surface area contributed by atoms with Crippen LogP contribution in [-0.4, -0.2) is 58.4 Å². The number of carbonyl (C=O) groups is 1. The highest BCUT2D eigenvalue weighted by Gasteiger charge is 2.09. The number of benzene rings is 1. The van der Waals surface area contributed by atoms with E-state index in [9.17, 15) is 4.79 Å². The highest BCUT2D eigenvalue weighted by molar-refractivity contribution is 5.78. The minimum absolute atomic E-state index is 0.00106. The SMILES string of the molecule is COCCCN(C)CC(=O)NCc1ccc(OCCC(C)C)c(OC)c1. The van der Waals surface area contributed by atoms with Gasteiger partial charge in [-0.25, -0.2) is 0 Å². The van der Waals surface area contributed by atoms with Gasteiger partial charge in [0.05, 0.1) is 20.3 Å². The first kappa shape index (κ1) is 22.3. The third-order valence-corrected chi connectivity index (χ3v) is 3.97. The summed E-state index contributed by atoms with van der Waals surface area (Å²) in [7, 11) is 5.24. The molecule has 0 aliphatic rings. The van der Waals surface area contributed by atoms with Crippen molar-refractivity contribution in [2.24, 2.45) is 5.92 Å². The van der Waals surface area contributed by atoms with Crippen molar-refractivity contribution in [3.8, 4) is 11.5 Å². The van der Waals surface area contributed by atoms with Crippen molar-refractivity contribution in [2.75, 3.05) is 47.6 Å². The smallest absolute Gasteiger partial charge is 0.234 e. The molecule has 1 N–H and O–H groups in total. The molecule has 0 atom stereocenters. The molecule has 0 spiro atoms. The summed E-state index contributed by atoms with van der Waals surface area (Å²) in [6, 6.07) is 5.76. The standard InChI is InChI=1S/C20H34N2O4/c1-16(2)9-12-26-18-8-7-17(13-19(18)25-5)14-21-20(23)15-22(3)10-6-11-24-4/h7-8,13,16H,6,9-12,14-15H2,1-5H3,(H,21,23). The van der Waals surface area contributed by atoms with Gasteiger partial charge in [-0.3, -0.25) is 9.69 Å². The van der Waals surface area contributed by atoms with E-state index in [1.807, 2.05) is 30.1 Å². The Morgan fingerprint density at radius 1 is 1.19 bits per heavy atom. The fourth-order valence-corrected chi connectivity index (χ4v) is 2.41. The van der Waals surface area contributed by atoms with Crippen molar-refractivity contribution >= 4 is 5.91 Å². The number of amides is 1. The van der Waals surface area contributed by atoms with Gasteiger partial charge in [-0.15, -0.1) is 0 Å². The first-order valence-electron chi connectivity index (χ1n) is 9.20. The maximum absolute atomic E-state index is 12.0. The van der Waals surface area contributed by atoms with Crippen molar-refractivity contribution in [3.63, 3.8) is 0 Å². The van der Waals surface area contributed by atoms with Gasteiger partial charge in [0.25, 0.3) is 0 Å². The first-order chi connectivity index (χ1) is 12.5. The molecule has 26 heavy (non-hydrogen) atoms. The second-order valence-corrected chi connectivity index (χ2v) is 6.88. The molecule has 6 nitrogen and oxygen atoms in total. The molecule has 0 radical (unpaired) electrons. The summed E-state index contributed by atoms with van der Waals surface area (Å²) in [4.78, 5) is 14.0. The van der Waals surface area contributed by atoms with Crippen LogP contribution in [0.2, 0.25) is 0 Å². The zero-order valence-electron chi connectivity index (χ0n) is 16.8. The number of hydrogen-bond acceptors (Lipinski definition) is 5. The average molecular weight is 367 g/mol. The average Bonchev–Trinajstić information content (AvgIpc) is 2.60. The first-order valence-corrected chi connectivity index (χ1v) is 9.20. The molecule has 0 unspecified atom stereocenters. The molecule has 0 aromatic heterocycles. The van der Waals surface area contributed by atoms with Crippen LogP contribution < -0.4 is 14.8 Å². The van der Waals surface area contributed by atoms with E-state index in [0.717, 1.165) is 30.7 Å². The number of rotatable bonds is 13. The topological polar surface area (TPSA) is 60.0 Å². The van der Waals surface area contributed by atoms with Crippen molar-refractivity contribution in [3.05, 3.63) is 23.8 Å². The van der Waals surface area contributed by atoms with Crippen LogP contribution in [0.5, 0.6) is 11.5 Å². The lowest BCUT2D eigenvalue weighted by atomic mass is 10.1. The lowest BCUT2D eigenvalue weighted by molar-refractivity contribution is -0.122. The lowest BCUT2D eigenvalue weighted by Gasteiger charge is -2.16. The zero-order valence-corrected chi connectivity index (χ0v) is 16.8. The molecular formula is C20H34N2O4. The quantitative estimate of drug-likeness (QED) is 0.544. The zero-order chi connectivity index (χ0) is 19.4. The second kappa shape index (κ2) is 12.5. The number of nitrogens with zero attached hydrogens (tertiary/aromatic N) is 1. The van der Waals surface area contributed by atoms with Crippen molar-refractivity contribution in [1.29, 1.82) is 0 Å². The van der Waals surface area contributed by atoms with Crippen molar-refractivity contribution in [2.45, 2.75) is 33.2 Å². The summed E-state index contributed by atoms with van der Waals surface area (Å²) in [6.45, 7) is 7.38. The van der Waals surface area contributed by atoms with Crippen LogP contribution in [0, 0.1) is 5.92 Å². The molecule has 6 heteroatoms.